The lowest BCUT2D eigenvalue weighted by atomic mass is 10.2. The molecule has 0 aliphatic carbocycles. The van der Waals surface area contributed by atoms with E-state index in [2.05, 4.69) is 0 Å². The summed E-state index contributed by atoms with van der Waals surface area (Å²) in [5.74, 6) is 0.305. The van der Waals surface area contributed by atoms with Crippen molar-refractivity contribution in [2.24, 2.45) is 0 Å². The Morgan fingerprint density at radius 1 is 1.05 bits per heavy atom. The molecule has 3 aromatic carbocycles. The molecule has 210 valence electrons. The van der Waals surface area contributed by atoms with Crippen LogP contribution in [0.5, 0.6) is 17.4 Å². The van der Waals surface area contributed by atoms with E-state index < -0.39 is 15.8 Å². The van der Waals surface area contributed by atoms with Gasteiger partial charge in [0.15, 0.2) is 11.6 Å². The van der Waals surface area contributed by atoms with Crippen molar-refractivity contribution in [1.29, 1.82) is 0 Å². The first-order valence-electron chi connectivity index (χ1n) is 13.2. The molecule has 40 heavy (non-hydrogen) atoms. The lowest BCUT2D eigenvalue weighted by molar-refractivity contribution is 0.0924. The maximum atomic E-state index is 14.7. The van der Waals surface area contributed by atoms with Gasteiger partial charge in [0.2, 0.25) is 15.9 Å². The van der Waals surface area contributed by atoms with Crippen molar-refractivity contribution in [2.45, 2.75) is 43.7 Å². The highest BCUT2D eigenvalue weighted by atomic mass is 32.2. The summed E-state index contributed by atoms with van der Waals surface area (Å²) in [6.07, 6.45) is 1.91. The second-order valence-corrected chi connectivity index (χ2v) is 11.4. The molecule has 5 rings (SSSR count). The minimum Gasteiger partial charge on any atom is -0.497 e. The Labute approximate surface area is 234 Å². The van der Waals surface area contributed by atoms with Crippen molar-refractivity contribution in [1.82, 2.24) is 14.1 Å². The number of ether oxygens (including phenoxy) is 3. The Kier molecular flexibility index (Phi) is 8.49. The van der Waals surface area contributed by atoms with Gasteiger partial charge in [0.05, 0.1) is 35.1 Å². The molecule has 1 atom stereocenters. The average Bonchev–Trinajstić information content (AvgIpc) is 3.62. The van der Waals surface area contributed by atoms with Crippen molar-refractivity contribution < 1.29 is 27.0 Å². The molecule has 1 saturated heterocycles. The van der Waals surface area contributed by atoms with Gasteiger partial charge in [-0.1, -0.05) is 37.3 Å². The number of aryl methyl sites for hydroxylation is 1. The number of nitrogens with zero attached hydrogens (tertiary/aromatic N) is 3. The number of benzene rings is 3. The van der Waals surface area contributed by atoms with Crippen LogP contribution >= 0.6 is 0 Å². The number of rotatable bonds is 11. The van der Waals surface area contributed by atoms with Crippen LogP contribution in [0.15, 0.2) is 83.8 Å². The van der Waals surface area contributed by atoms with Crippen LogP contribution in [0, 0.1) is 5.82 Å². The molecule has 0 radical (unpaired) electrons. The first-order valence-corrected chi connectivity index (χ1v) is 14.7. The molecule has 10 heteroatoms. The van der Waals surface area contributed by atoms with Gasteiger partial charge in [0.1, 0.15) is 5.75 Å². The minimum absolute atomic E-state index is 0.0205. The third-order valence-electron chi connectivity index (χ3n) is 6.86. The first kappa shape index (κ1) is 27.8. The normalized spacial score (nSPS) is 15.4. The van der Waals surface area contributed by atoms with Gasteiger partial charge in [-0.25, -0.2) is 17.5 Å². The quantitative estimate of drug-likeness (QED) is 0.231. The van der Waals surface area contributed by atoms with Gasteiger partial charge >= 0.3 is 0 Å². The molecule has 0 spiro atoms. The molecule has 4 aromatic rings. The average molecular weight is 566 g/mol. The van der Waals surface area contributed by atoms with E-state index in [1.807, 2.05) is 37.3 Å². The summed E-state index contributed by atoms with van der Waals surface area (Å²) in [6, 6.07) is 21.8. The number of hydrogen-bond acceptors (Lipinski definition) is 6. The molecule has 1 fully saturated rings. The monoisotopic (exact) mass is 565 g/mol. The van der Waals surface area contributed by atoms with E-state index in [0.29, 0.717) is 35.7 Å². The van der Waals surface area contributed by atoms with Gasteiger partial charge in [-0.2, -0.15) is 9.40 Å². The molecule has 2 heterocycles. The Hall–Kier alpha value is -3.73. The third-order valence-corrected chi connectivity index (χ3v) is 8.69. The molecular formula is C30H32FN3O5S. The predicted molar refractivity (Wildman–Crippen MR) is 149 cm³/mol. The van der Waals surface area contributed by atoms with E-state index in [9.17, 15) is 12.8 Å². The van der Waals surface area contributed by atoms with Crippen molar-refractivity contribution >= 4 is 10.0 Å². The second-order valence-electron chi connectivity index (χ2n) is 9.47. The molecule has 0 unspecified atom stereocenters. The summed E-state index contributed by atoms with van der Waals surface area (Å²) < 4.78 is 63.0. The topological polar surface area (TPSA) is 82.9 Å². The van der Waals surface area contributed by atoms with Crippen molar-refractivity contribution in [2.75, 3.05) is 20.3 Å². The van der Waals surface area contributed by atoms with E-state index >= 15 is 0 Å². The fourth-order valence-electron chi connectivity index (χ4n) is 4.74. The predicted octanol–water partition coefficient (Wildman–Crippen LogP) is 5.74. The highest BCUT2D eigenvalue weighted by molar-refractivity contribution is 7.89. The largest absolute Gasteiger partial charge is 0.497 e. The minimum atomic E-state index is -3.96. The van der Waals surface area contributed by atoms with Crippen LogP contribution in [0.1, 0.15) is 31.0 Å². The van der Waals surface area contributed by atoms with Crippen LogP contribution in [0.3, 0.4) is 0 Å². The lowest BCUT2D eigenvalue weighted by Crippen LogP contribution is -2.37. The molecule has 0 saturated carbocycles. The molecule has 0 N–H and O–H groups in total. The summed E-state index contributed by atoms with van der Waals surface area (Å²) in [7, 11) is -2.43. The van der Waals surface area contributed by atoms with Crippen LogP contribution in [0.2, 0.25) is 0 Å². The molecule has 1 aliphatic heterocycles. The summed E-state index contributed by atoms with van der Waals surface area (Å²) in [6.45, 7) is 2.66. The van der Waals surface area contributed by atoms with Crippen molar-refractivity contribution in [3.8, 4) is 23.1 Å². The van der Waals surface area contributed by atoms with Gasteiger partial charge in [-0.05, 0) is 67.8 Å². The van der Waals surface area contributed by atoms with Crippen LogP contribution in [-0.2, 0) is 27.7 Å². The highest BCUT2D eigenvalue weighted by Gasteiger charge is 2.33. The Morgan fingerprint density at radius 2 is 1.77 bits per heavy atom. The first-order chi connectivity index (χ1) is 19.4. The smallest absolute Gasteiger partial charge is 0.243 e. The van der Waals surface area contributed by atoms with E-state index in [1.54, 1.807) is 28.9 Å². The summed E-state index contributed by atoms with van der Waals surface area (Å²) in [4.78, 5) is 0.136. The summed E-state index contributed by atoms with van der Waals surface area (Å²) in [5.41, 5.74) is 1.92. The van der Waals surface area contributed by atoms with Gasteiger partial charge < -0.3 is 14.2 Å². The standard InChI is InChI=1S/C30H32FN3O5S/c1-3-28-26(30(39-29-14-8-7-13-27(29)31)34(32-28)22-10-5-4-6-11-22)21-33(20-24-12-9-19-38-24)40(35,36)25-17-15-23(37-2)16-18-25/h4-8,10-11,13-18,24H,3,9,12,19-21H2,1-2H3/t24-/m1/s1. The van der Waals surface area contributed by atoms with Crippen molar-refractivity contribution in [3.63, 3.8) is 0 Å². The number of sulfonamides is 1. The Balaban J connectivity index is 1.61. The van der Waals surface area contributed by atoms with E-state index in [1.165, 1.54) is 35.7 Å². The molecule has 8 nitrogen and oxygen atoms in total. The third kappa shape index (κ3) is 5.89. The van der Waals surface area contributed by atoms with Crippen molar-refractivity contribution in [3.05, 3.63) is 95.9 Å². The fraction of sp³-hybridized carbons (Fsp3) is 0.300. The van der Waals surface area contributed by atoms with Gasteiger partial charge in [0.25, 0.3) is 0 Å². The van der Waals surface area contributed by atoms with Crippen LogP contribution in [-0.4, -0.2) is 48.9 Å². The van der Waals surface area contributed by atoms with E-state index in [-0.39, 0.29) is 35.7 Å². The molecule has 0 bridgehead atoms. The SMILES string of the molecule is CCc1nn(-c2ccccc2)c(Oc2ccccc2F)c1CN(C[C@H]1CCCO1)S(=O)(=O)c1ccc(OC)cc1. The maximum absolute atomic E-state index is 14.7. The summed E-state index contributed by atoms with van der Waals surface area (Å²) >= 11 is 0. The zero-order valence-electron chi connectivity index (χ0n) is 22.5. The molecule has 0 amide bonds. The Morgan fingerprint density at radius 3 is 2.42 bits per heavy atom. The molecule has 1 aromatic heterocycles. The van der Waals surface area contributed by atoms with Crippen LogP contribution in [0.4, 0.5) is 4.39 Å². The van der Waals surface area contributed by atoms with Crippen LogP contribution < -0.4 is 9.47 Å². The number of para-hydroxylation sites is 2. The van der Waals surface area contributed by atoms with Gasteiger partial charge in [-0.3, -0.25) is 0 Å². The number of halogens is 1. The number of methoxy groups -OCH3 is 1. The molecule has 1 aliphatic rings. The lowest BCUT2D eigenvalue weighted by Gasteiger charge is -2.25. The second kappa shape index (κ2) is 12.2. The fourth-order valence-corrected chi connectivity index (χ4v) is 6.18. The van der Waals surface area contributed by atoms with Gasteiger partial charge in [-0.15, -0.1) is 0 Å². The van der Waals surface area contributed by atoms with E-state index in [0.717, 1.165) is 12.8 Å². The summed E-state index contributed by atoms with van der Waals surface area (Å²) in [5, 5.41) is 4.79. The highest BCUT2D eigenvalue weighted by Crippen LogP contribution is 2.35. The maximum Gasteiger partial charge on any atom is 0.243 e. The zero-order valence-corrected chi connectivity index (χ0v) is 23.3. The zero-order chi connectivity index (χ0) is 28.1. The van der Waals surface area contributed by atoms with Crippen LogP contribution in [0.25, 0.3) is 5.69 Å². The van der Waals surface area contributed by atoms with Gasteiger partial charge in [0, 0.05) is 19.7 Å². The Bertz CT molecular complexity index is 1540. The number of hydrogen-bond donors (Lipinski definition) is 0. The molecular weight excluding hydrogens is 533 g/mol. The van der Waals surface area contributed by atoms with E-state index in [4.69, 9.17) is 19.3 Å². The number of aromatic nitrogens is 2.